The lowest BCUT2D eigenvalue weighted by Gasteiger charge is -2.19. The molecule has 8 nitrogen and oxygen atoms in total. The highest BCUT2D eigenvalue weighted by atomic mass is 32.1. The Balaban J connectivity index is 1.66. The molecule has 2 rings (SSSR count). The summed E-state index contributed by atoms with van der Waals surface area (Å²) in [6, 6.07) is 3.39. The van der Waals surface area contributed by atoms with Crippen molar-refractivity contribution in [3.05, 3.63) is 22.4 Å². The van der Waals surface area contributed by atoms with Gasteiger partial charge in [-0.3, -0.25) is 30.0 Å². The molecule has 130 valence electrons. The number of hydrazine groups is 1. The summed E-state index contributed by atoms with van der Waals surface area (Å²) in [7, 11) is 0. The number of hydrogen-bond acceptors (Lipinski definition) is 5. The molecule has 0 atom stereocenters. The van der Waals surface area contributed by atoms with Gasteiger partial charge in [0.15, 0.2) is 0 Å². The lowest BCUT2D eigenvalue weighted by Crippen LogP contribution is -2.50. The second-order valence-corrected chi connectivity index (χ2v) is 6.33. The Morgan fingerprint density at radius 3 is 2.67 bits per heavy atom. The molecule has 1 fully saturated rings. The standard InChI is InChI=1S/C15H20N4O4S/c20-12(9-16-15(23)11-5-4-8-24-11)17-18-13(21)10-19-7-3-1-2-6-14(19)22/h4-5,8H,1-3,6-7,9-10H2,(H,16,23)(H,17,20)(H,18,21). The Hall–Kier alpha value is -2.42. The van der Waals surface area contributed by atoms with Gasteiger partial charge in [-0.1, -0.05) is 12.5 Å². The van der Waals surface area contributed by atoms with Gasteiger partial charge in [-0.2, -0.15) is 0 Å². The zero-order chi connectivity index (χ0) is 17.4. The van der Waals surface area contributed by atoms with Gasteiger partial charge in [-0.15, -0.1) is 11.3 Å². The molecule has 0 saturated carbocycles. The topological polar surface area (TPSA) is 108 Å². The molecule has 0 unspecified atom stereocenters. The predicted molar refractivity (Wildman–Crippen MR) is 88.0 cm³/mol. The van der Waals surface area contributed by atoms with Gasteiger partial charge in [-0.25, -0.2) is 0 Å². The van der Waals surface area contributed by atoms with E-state index in [4.69, 9.17) is 0 Å². The van der Waals surface area contributed by atoms with E-state index in [9.17, 15) is 19.2 Å². The molecule has 24 heavy (non-hydrogen) atoms. The van der Waals surface area contributed by atoms with Gasteiger partial charge in [-0.05, 0) is 24.3 Å². The van der Waals surface area contributed by atoms with Crippen molar-refractivity contribution in [1.82, 2.24) is 21.1 Å². The number of nitrogens with one attached hydrogen (secondary N) is 3. The van der Waals surface area contributed by atoms with Crippen molar-refractivity contribution in [3.8, 4) is 0 Å². The van der Waals surface area contributed by atoms with Gasteiger partial charge in [0.25, 0.3) is 17.7 Å². The summed E-state index contributed by atoms with van der Waals surface area (Å²) in [5, 5.41) is 4.21. The van der Waals surface area contributed by atoms with E-state index in [1.807, 2.05) is 0 Å². The Kier molecular flexibility index (Phi) is 6.74. The SMILES string of the molecule is O=C(CNC(=O)c1cccs1)NNC(=O)CN1CCCCCC1=O. The van der Waals surface area contributed by atoms with E-state index in [0.717, 1.165) is 19.3 Å². The minimum atomic E-state index is -0.546. The quantitative estimate of drug-likeness (QED) is 0.650. The highest BCUT2D eigenvalue weighted by Crippen LogP contribution is 2.10. The fraction of sp³-hybridized carbons (Fsp3) is 0.467. The Bertz CT molecular complexity index is 603. The molecule has 1 saturated heterocycles. The smallest absolute Gasteiger partial charge is 0.261 e. The molecule has 3 N–H and O–H groups in total. The summed E-state index contributed by atoms with van der Waals surface area (Å²) in [6.07, 6.45) is 3.15. The maximum Gasteiger partial charge on any atom is 0.261 e. The fourth-order valence-corrected chi connectivity index (χ4v) is 2.90. The number of amides is 4. The van der Waals surface area contributed by atoms with Crippen LogP contribution < -0.4 is 16.2 Å². The van der Waals surface area contributed by atoms with Crippen molar-refractivity contribution >= 4 is 35.0 Å². The minimum Gasteiger partial charge on any atom is -0.342 e. The summed E-state index contributed by atoms with van der Waals surface area (Å²) in [4.78, 5) is 48.9. The van der Waals surface area contributed by atoms with Crippen LogP contribution in [0.4, 0.5) is 0 Å². The van der Waals surface area contributed by atoms with E-state index in [-0.39, 0.29) is 24.9 Å². The molecular formula is C15H20N4O4S. The largest absolute Gasteiger partial charge is 0.342 e. The van der Waals surface area contributed by atoms with Gasteiger partial charge in [0, 0.05) is 13.0 Å². The summed E-state index contributed by atoms with van der Waals surface area (Å²) in [6.45, 7) is 0.220. The maximum atomic E-state index is 11.8. The van der Waals surface area contributed by atoms with Crippen molar-refractivity contribution in [2.24, 2.45) is 0 Å². The lowest BCUT2D eigenvalue weighted by atomic mass is 10.2. The number of rotatable bonds is 5. The van der Waals surface area contributed by atoms with Gasteiger partial charge in [0.05, 0.1) is 11.4 Å². The summed E-state index contributed by atoms with van der Waals surface area (Å²) in [5.41, 5.74) is 4.46. The molecule has 0 aromatic carbocycles. The van der Waals surface area contributed by atoms with E-state index in [1.54, 1.807) is 17.5 Å². The van der Waals surface area contributed by atoms with Gasteiger partial charge < -0.3 is 10.2 Å². The molecular weight excluding hydrogens is 332 g/mol. The first kappa shape index (κ1) is 17.9. The van der Waals surface area contributed by atoms with Crippen LogP contribution >= 0.6 is 11.3 Å². The molecule has 9 heteroatoms. The Morgan fingerprint density at radius 2 is 1.92 bits per heavy atom. The third kappa shape index (κ3) is 5.65. The van der Waals surface area contributed by atoms with Gasteiger partial charge in [0.1, 0.15) is 6.54 Å². The monoisotopic (exact) mass is 352 g/mol. The zero-order valence-electron chi connectivity index (χ0n) is 13.2. The number of hydrogen-bond donors (Lipinski definition) is 3. The fourth-order valence-electron chi connectivity index (χ4n) is 2.26. The highest BCUT2D eigenvalue weighted by Gasteiger charge is 2.19. The van der Waals surface area contributed by atoms with Crippen LogP contribution in [0.5, 0.6) is 0 Å². The molecule has 0 aliphatic carbocycles. The summed E-state index contributed by atoms with van der Waals surface area (Å²) >= 11 is 1.27. The second-order valence-electron chi connectivity index (χ2n) is 5.38. The predicted octanol–water partition coefficient (Wildman–Crippen LogP) is 0.0279. The maximum absolute atomic E-state index is 11.8. The molecule has 0 spiro atoms. The van der Waals surface area contributed by atoms with Crippen LogP contribution in [0.25, 0.3) is 0 Å². The number of carbonyl (C=O) groups excluding carboxylic acids is 4. The van der Waals surface area contributed by atoms with Crippen molar-refractivity contribution in [2.75, 3.05) is 19.6 Å². The van der Waals surface area contributed by atoms with Crippen LogP contribution in [0.3, 0.4) is 0 Å². The van der Waals surface area contributed by atoms with Crippen LogP contribution in [0.1, 0.15) is 35.4 Å². The van der Waals surface area contributed by atoms with Crippen molar-refractivity contribution < 1.29 is 19.2 Å². The van der Waals surface area contributed by atoms with Crippen LogP contribution in [0, 0.1) is 0 Å². The van der Waals surface area contributed by atoms with Gasteiger partial charge in [0.2, 0.25) is 5.91 Å². The second kappa shape index (κ2) is 9.02. The third-order valence-corrected chi connectivity index (χ3v) is 4.37. The van der Waals surface area contributed by atoms with Crippen molar-refractivity contribution in [2.45, 2.75) is 25.7 Å². The van der Waals surface area contributed by atoms with Crippen LogP contribution in [0.15, 0.2) is 17.5 Å². The van der Waals surface area contributed by atoms with Crippen LogP contribution in [-0.4, -0.2) is 48.2 Å². The minimum absolute atomic E-state index is 0.0443. The molecule has 4 amide bonds. The zero-order valence-corrected chi connectivity index (χ0v) is 14.0. The first-order valence-electron chi connectivity index (χ1n) is 7.73. The van der Waals surface area contributed by atoms with Gasteiger partial charge >= 0.3 is 0 Å². The number of carbonyl (C=O) groups is 4. The molecule has 1 aromatic rings. The van der Waals surface area contributed by atoms with Crippen LogP contribution in [0.2, 0.25) is 0 Å². The van der Waals surface area contributed by atoms with E-state index >= 15 is 0 Å². The number of nitrogens with zero attached hydrogens (tertiary/aromatic N) is 1. The molecule has 1 aromatic heterocycles. The first-order chi connectivity index (χ1) is 11.6. The Labute approximate surface area is 143 Å². The van der Waals surface area contributed by atoms with E-state index < -0.39 is 11.8 Å². The molecule has 0 radical (unpaired) electrons. The van der Waals surface area contributed by atoms with E-state index in [1.165, 1.54) is 16.2 Å². The first-order valence-corrected chi connectivity index (χ1v) is 8.61. The van der Waals surface area contributed by atoms with Crippen molar-refractivity contribution in [3.63, 3.8) is 0 Å². The van der Waals surface area contributed by atoms with E-state index in [2.05, 4.69) is 16.2 Å². The number of thiophene rings is 1. The summed E-state index contributed by atoms with van der Waals surface area (Å²) < 4.78 is 0. The molecule has 1 aliphatic heterocycles. The summed E-state index contributed by atoms with van der Waals surface area (Å²) in [5.74, 6) is -1.41. The average molecular weight is 352 g/mol. The highest BCUT2D eigenvalue weighted by molar-refractivity contribution is 7.12. The molecule has 2 heterocycles. The van der Waals surface area contributed by atoms with Crippen LogP contribution in [-0.2, 0) is 14.4 Å². The van der Waals surface area contributed by atoms with E-state index in [0.29, 0.717) is 17.8 Å². The lowest BCUT2D eigenvalue weighted by molar-refractivity contribution is -0.136. The molecule has 1 aliphatic rings. The normalized spacial score (nSPS) is 14.7. The number of likely N-dealkylation sites (tertiary alicyclic amines) is 1. The average Bonchev–Trinajstić information content (AvgIpc) is 3.03. The Morgan fingerprint density at radius 1 is 1.12 bits per heavy atom. The molecule has 0 bridgehead atoms. The third-order valence-electron chi connectivity index (χ3n) is 3.50. The van der Waals surface area contributed by atoms with Crippen molar-refractivity contribution in [1.29, 1.82) is 0 Å².